The predicted octanol–water partition coefficient (Wildman–Crippen LogP) is 1.40. The molecule has 0 spiro atoms. The van der Waals surface area contributed by atoms with Crippen molar-refractivity contribution < 1.29 is 4.79 Å². The number of carbonyl (C=O) groups excluding carboxylic acids is 1. The van der Waals surface area contributed by atoms with Crippen LogP contribution in [0.3, 0.4) is 0 Å². The highest BCUT2D eigenvalue weighted by Crippen LogP contribution is 2.18. The van der Waals surface area contributed by atoms with Crippen LogP contribution in [0.4, 0.5) is 0 Å². The zero-order chi connectivity index (χ0) is 15.5. The summed E-state index contributed by atoms with van der Waals surface area (Å²) in [6.07, 6.45) is 6.49. The molecular formula is C16H28ClN5O. The van der Waals surface area contributed by atoms with E-state index in [0.29, 0.717) is 17.8 Å². The fourth-order valence-electron chi connectivity index (χ4n) is 3.52. The van der Waals surface area contributed by atoms with Gasteiger partial charge >= 0.3 is 0 Å². The van der Waals surface area contributed by atoms with Crippen molar-refractivity contribution in [1.29, 1.82) is 0 Å². The first-order valence-electron chi connectivity index (χ1n) is 8.36. The van der Waals surface area contributed by atoms with Crippen LogP contribution in [0, 0.1) is 0 Å². The van der Waals surface area contributed by atoms with Crippen molar-refractivity contribution in [3.05, 3.63) is 18.0 Å². The summed E-state index contributed by atoms with van der Waals surface area (Å²) in [5.41, 5.74) is 0.571. The molecular weight excluding hydrogens is 314 g/mol. The van der Waals surface area contributed by atoms with E-state index in [1.807, 2.05) is 28.9 Å². The van der Waals surface area contributed by atoms with Crippen LogP contribution < -0.4 is 5.32 Å². The number of nitrogens with one attached hydrogen (secondary N) is 1. The van der Waals surface area contributed by atoms with Crippen LogP contribution in [0.15, 0.2) is 12.3 Å². The second-order valence-electron chi connectivity index (χ2n) is 6.66. The fourth-order valence-corrected chi connectivity index (χ4v) is 3.52. The van der Waals surface area contributed by atoms with Gasteiger partial charge in [-0.25, -0.2) is 0 Å². The first-order valence-corrected chi connectivity index (χ1v) is 8.36. The number of amides is 1. The van der Waals surface area contributed by atoms with Gasteiger partial charge in [-0.05, 0) is 51.9 Å². The molecule has 2 fully saturated rings. The Balaban J connectivity index is 0.00000192. The van der Waals surface area contributed by atoms with Crippen molar-refractivity contribution in [2.75, 3.05) is 40.3 Å². The van der Waals surface area contributed by atoms with E-state index >= 15 is 0 Å². The Hall–Kier alpha value is -1.11. The number of rotatable bonds is 3. The van der Waals surface area contributed by atoms with Gasteiger partial charge < -0.3 is 15.1 Å². The normalized spacial score (nSPS) is 25.7. The molecule has 1 aromatic rings. The van der Waals surface area contributed by atoms with Gasteiger partial charge in [0, 0.05) is 32.4 Å². The molecule has 2 aliphatic heterocycles. The SMILES string of the molecule is CN1CCCC(N(C)C(=O)c2ccn(C3CCCNC3)n2)C1.Cl. The van der Waals surface area contributed by atoms with Crippen LogP contribution in [0.2, 0.25) is 0 Å². The number of aromatic nitrogens is 2. The van der Waals surface area contributed by atoms with E-state index in [4.69, 9.17) is 0 Å². The zero-order valence-corrected chi connectivity index (χ0v) is 14.9. The summed E-state index contributed by atoms with van der Waals surface area (Å²) >= 11 is 0. The molecule has 0 radical (unpaired) electrons. The summed E-state index contributed by atoms with van der Waals surface area (Å²) < 4.78 is 1.96. The van der Waals surface area contributed by atoms with Crippen molar-refractivity contribution in [2.45, 2.75) is 37.8 Å². The van der Waals surface area contributed by atoms with Gasteiger partial charge in [-0.3, -0.25) is 9.48 Å². The summed E-state index contributed by atoms with van der Waals surface area (Å²) in [5.74, 6) is 0.0443. The van der Waals surface area contributed by atoms with Gasteiger partial charge in [0.15, 0.2) is 0 Å². The molecule has 2 atom stereocenters. The summed E-state index contributed by atoms with van der Waals surface area (Å²) in [7, 11) is 4.03. The van der Waals surface area contributed by atoms with Crippen molar-refractivity contribution >= 4 is 18.3 Å². The monoisotopic (exact) mass is 341 g/mol. The summed E-state index contributed by atoms with van der Waals surface area (Å²) in [4.78, 5) is 16.8. The van der Waals surface area contributed by atoms with Crippen molar-refractivity contribution in [1.82, 2.24) is 24.9 Å². The molecule has 23 heavy (non-hydrogen) atoms. The van der Waals surface area contributed by atoms with E-state index in [9.17, 15) is 4.79 Å². The Morgan fingerprint density at radius 1 is 1.39 bits per heavy atom. The Morgan fingerprint density at radius 2 is 2.22 bits per heavy atom. The molecule has 1 aromatic heterocycles. The van der Waals surface area contributed by atoms with E-state index in [1.54, 1.807) is 0 Å². The van der Waals surface area contributed by atoms with Gasteiger partial charge in [0.2, 0.25) is 0 Å². The Morgan fingerprint density at radius 3 is 2.91 bits per heavy atom. The van der Waals surface area contributed by atoms with Crippen molar-refractivity contribution in [3.8, 4) is 0 Å². The van der Waals surface area contributed by atoms with E-state index in [1.165, 1.54) is 6.42 Å². The van der Waals surface area contributed by atoms with Crippen LogP contribution in [-0.4, -0.2) is 71.8 Å². The summed E-state index contributed by atoms with van der Waals surface area (Å²) in [6, 6.07) is 2.54. The van der Waals surface area contributed by atoms with Gasteiger partial charge in [0.25, 0.3) is 5.91 Å². The smallest absolute Gasteiger partial charge is 0.274 e. The predicted molar refractivity (Wildman–Crippen MR) is 93.2 cm³/mol. The minimum Gasteiger partial charge on any atom is -0.336 e. The highest BCUT2D eigenvalue weighted by Gasteiger charge is 2.27. The van der Waals surface area contributed by atoms with E-state index in [-0.39, 0.29) is 18.3 Å². The molecule has 6 nitrogen and oxygen atoms in total. The number of piperidine rings is 2. The van der Waals surface area contributed by atoms with E-state index in [0.717, 1.165) is 45.4 Å². The Bertz CT molecular complexity index is 514. The summed E-state index contributed by atoms with van der Waals surface area (Å²) in [5, 5.41) is 7.93. The second kappa shape index (κ2) is 8.13. The van der Waals surface area contributed by atoms with Gasteiger partial charge in [-0.1, -0.05) is 0 Å². The first-order chi connectivity index (χ1) is 10.6. The average Bonchev–Trinajstić information content (AvgIpc) is 3.04. The maximum atomic E-state index is 12.7. The average molecular weight is 342 g/mol. The van der Waals surface area contributed by atoms with Crippen LogP contribution in [0.1, 0.15) is 42.2 Å². The first kappa shape index (κ1) is 18.2. The number of nitrogens with zero attached hydrogens (tertiary/aromatic N) is 4. The van der Waals surface area contributed by atoms with Crippen LogP contribution in [0.5, 0.6) is 0 Å². The van der Waals surface area contributed by atoms with Crippen LogP contribution >= 0.6 is 12.4 Å². The molecule has 0 saturated carbocycles. The van der Waals surface area contributed by atoms with E-state index < -0.39 is 0 Å². The van der Waals surface area contributed by atoms with Crippen LogP contribution in [0.25, 0.3) is 0 Å². The number of halogens is 1. The fraction of sp³-hybridized carbons (Fsp3) is 0.750. The van der Waals surface area contributed by atoms with Crippen molar-refractivity contribution in [2.24, 2.45) is 0 Å². The van der Waals surface area contributed by atoms with Crippen LogP contribution in [-0.2, 0) is 0 Å². The lowest BCUT2D eigenvalue weighted by molar-refractivity contribution is 0.0637. The lowest BCUT2D eigenvalue weighted by atomic mass is 10.0. The molecule has 2 aliphatic rings. The number of hydrogen-bond acceptors (Lipinski definition) is 4. The third-order valence-corrected chi connectivity index (χ3v) is 4.94. The zero-order valence-electron chi connectivity index (χ0n) is 14.1. The largest absolute Gasteiger partial charge is 0.336 e. The standard InChI is InChI=1S/C16H27N5O.ClH/c1-19-9-4-6-14(12-19)20(2)16(22)15-7-10-21(18-15)13-5-3-8-17-11-13;/h7,10,13-14,17H,3-6,8-9,11-12H2,1-2H3;1H. The lowest BCUT2D eigenvalue weighted by Crippen LogP contribution is -2.47. The molecule has 1 amide bonds. The maximum absolute atomic E-state index is 12.7. The third-order valence-electron chi connectivity index (χ3n) is 4.94. The Labute approximate surface area is 144 Å². The molecule has 2 unspecified atom stereocenters. The molecule has 130 valence electrons. The topological polar surface area (TPSA) is 53.4 Å². The van der Waals surface area contributed by atoms with Gasteiger partial charge in [-0.15, -0.1) is 12.4 Å². The summed E-state index contributed by atoms with van der Waals surface area (Å²) in [6.45, 7) is 4.11. The number of hydrogen-bond donors (Lipinski definition) is 1. The maximum Gasteiger partial charge on any atom is 0.274 e. The van der Waals surface area contributed by atoms with Gasteiger partial charge in [-0.2, -0.15) is 5.10 Å². The number of likely N-dealkylation sites (tertiary alicyclic amines) is 1. The molecule has 0 aliphatic carbocycles. The minimum absolute atomic E-state index is 0. The van der Waals surface area contributed by atoms with Gasteiger partial charge in [0.1, 0.15) is 5.69 Å². The van der Waals surface area contributed by atoms with Gasteiger partial charge in [0.05, 0.1) is 6.04 Å². The van der Waals surface area contributed by atoms with Crippen molar-refractivity contribution in [3.63, 3.8) is 0 Å². The molecule has 7 heteroatoms. The molecule has 0 aromatic carbocycles. The molecule has 2 saturated heterocycles. The number of likely N-dealkylation sites (N-methyl/N-ethyl adjacent to an activating group) is 2. The Kier molecular flexibility index (Phi) is 6.44. The highest BCUT2D eigenvalue weighted by atomic mass is 35.5. The second-order valence-corrected chi connectivity index (χ2v) is 6.66. The number of carbonyl (C=O) groups is 1. The lowest BCUT2D eigenvalue weighted by Gasteiger charge is -2.35. The van der Waals surface area contributed by atoms with E-state index in [2.05, 4.69) is 22.4 Å². The minimum atomic E-state index is 0. The third kappa shape index (κ3) is 4.25. The molecule has 1 N–H and O–H groups in total. The highest BCUT2D eigenvalue weighted by molar-refractivity contribution is 5.92. The molecule has 0 bridgehead atoms. The molecule has 3 rings (SSSR count). The quantitative estimate of drug-likeness (QED) is 0.903. The molecule has 3 heterocycles.